The summed E-state index contributed by atoms with van der Waals surface area (Å²) in [5.74, 6) is -2.27. The van der Waals surface area contributed by atoms with E-state index in [-0.39, 0.29) is 11.8 Å². The van der Waals surface area contributed by atoms with Gasteiger partial charge in [-0.05, 0) is 62.9 Å². The third-order valence-corrected chi connectivity index (χ3v) is 5.35. The van der Waals surface area contributed by atoms with Crippen molar-refractivity contribution < 1.29 is 23.5 Å². The Balaban J connectivity index is 1.95. The molecule has 1 heterocycles. The van der Waals surface area contributed by atoms with Crippen molar-refractivity contribution in [2.75, 3.05) is 5.01 Å². The van der Waals surface area contributed by atoms with E-state index >= 15 is 0 Å². The summed E-state index contributed by atoms with van der Waals surface area (Å²) in [5, 5.41) is 3.78. The smallest absolute Gasteiger partial charge is 0.408 e. The topological polar surface area (TPSA) is 87.7 Å². The number of hydrogen-bond acceptors (Lipinski definition) is 4. The Morgan fingerprint density at radius 2 is 1.76 bits per heavy atom. The lowest BCUT2D eigenvalue weighted by Crippen LogP contribution is -2.57. The lowest BCUT2D eigenvalue weighted by Gasteiger charge is -2.29. The maximum Gasteiger partial charge on any atom is 0.408 e. The van der Waals surface area contributed by atoms with Gasteiger partial charge in [0, 0.05) is 5.56 Å². The second-order valence-electron chi connectivity index (χ2n) is 9.49. The van der Waals surface area contributed by atoms with Gasteiger partial charge in [0.25, 0.3) is 11.8 Å². The van der Waals surface area contributed by atoms with Crippen molar-refractivity contribution in [2.45, 2.75) is 59.1 Å². The molecule has 3 rings (SSSR count). The Hall–Kier alpha value is -3.42. The van der Waals surface area contributed by atoms with E-state index < -0.39 is 35.4 Å². The fraction of sp³-hybridized carbons (Fsp3) is 0.400. The van der Waals surface area contributed by atoms with E-state index in [0.29, 0.717) is 22.4 Å². The van der Waals surface area contributed by atoms with Gasteiger partial charge in [-0.1, -0.05) is 38.1 Å². The molecule has 0 saturated heterocycles. The SMILES string of the molecule is CC1C(=O)N(NC(=O)[C@@H](NC(=O)OC(C)(C)C)C(C)C)c2ccccc2-c2cc(F)ccc21. The first-order valence-electron chi connectivity index (χ1n) is 10.9. The van der Waals surface area contributed by atoms with Crippen LogP contribution >= 0.6 is 0 Å². The minimum Gasteiger partial charge on any atom is -0.444 e. The number of halogens is 1. The van der Waals surface area contributed by atoms with Crippen LogP contribution in [0.2, 0.25) is 0 Å². The average Bonchev–Trinajstić information content (AvgIpc) is 2.80. The van der Waals surface area contributed by atoms with E-state index in [9.17, 15) is 18.8 Å². The van der Waals surface area contributed by atoms with Crippen molar-refractivity contribution in [3.8, 4) is 11.1 Å². The van der Waals surface area contributed by atoms with Crippen LogP contribution in [0.1, 0.15) is 53.0 Å². The molecule has 3 amide bonds. The first-order valence-corrected chi connectivity index (χ1v) is 10.9. The molecule has 7 nitrogen and oxygen atoms in total. The zero-order valence-corrected chi connectivity index (χ0v) is 19.7. The summed E-state index contributed by atoms with van der Waals surface area (Å²) in [5.41, 5.74) is 4.25. The van der Waals surface area contributed by atoms with Gasteiger partial charge in [0.1, 0.15) is 17.5 Å². The molecule has 0 spiro atoms. The summed E-state index contributed by atoms with van der Waals surface area (Å²) >= 11 is 0. The number of nitrogens with one attached hydrogen (secondary N) is 2. The summed E-state index contributed by atoms with van der Waals surface area (Å²) < 4.78 is 19.3. The van der Waals surface area contributed by atoms with Crippen molar-refractivity contribution >= 4 is 23.6 Å². The van der Waals surface area contributed by atoms with Gasteiger partial charge in [-0.3, -0.25) is 15.0 Å². The third-order valence-electron chi connectivity index (χ3n) is 5.35. The van der Waals surface area contributed by atoms with Crippen molar-refractivity contribution in [3.63, 3.8) is 0 Å². The van der Waals surface area contributed by atoms with Gasteiger partial charge in [-0.2, -0.15) is 0 Å². The number of anilines is 1. The Morgan fingerprint density at radius 1 is 1.09 bits per heavy atom. The van der Waals surface area contributed by atoms with Crippen LogP contribution < -0.4 is 15.8 Å². The molecule has 8 heteroatoms. The molecule has 0 radical (unpaired) electrons. The quantitative estimate of drug-likeness (QED) is 0.709. The maximum atomic E-state index is 14.1. The highest BCUT2D eigenvalue weighted by Gasteiger charge is 2.35. The van der Waals surface area contributed by atoms with E-state index in [1.54, 1.807) is 71.9 Å². The van der Waals surface area contributed by atoms with E-state index in [1.807, 2.05) is 0 Å². The number of carbonyl (C=O) groups is 3. The second-order valence-corrected chi connectivity index (χ2v) is 9.49. The fourth-order valence-electron chi connectivity index (χ4n) is 3.75. The van der Waals surface area contributed by atoms with Crippen LogP contribution in [0.3, 0.4) is 0 Å². The van der Waals surface area contributed by atoms with Gasteiger partial charge in [0.05, 0.1) is 11.6 Å². The number of hydrazine groups is 1. The zero-order chi connectivity index (χ0) is 24.5. The number of fused-ring (bicyclic) bond motifs is 3. The molecule has 1 aliphatic rings. The summed E-state index contributed by atoms with van der Waals surface area (Å²) in [6.07, 6.45) is -0.727. The number of amides is 3. The van der Waals surface area contributed by atoms with Crippen LogP contribution in [0.25, 0.3) is 11.1 Å². The fourth-order valence-corrected chi connectivity index (χ4v) is 3.75. The van der Waals surface area contributed by atoms with Gasteiger partial charge >= 0.3 is 6.09 Å². The van der Waals surface area contributed by atoms with Gasteiger partial charge in [0.15, 0.2) is 0 Å². The number of nitrogens with zero attached hydrogens (tertiary/aromatic N) is 1. The molecule has 1 aliphatic heterocycles. The zero-order valence-electron chi connectivity index (χ0n) is 19.7. The van der Waals surface area contributed by atoms with Crippen molar-refractivity contribution in [3.05, 3.63) is 53.8 Å². The molecule has 0 aromatic heterocycles. The molecule has 2 aromatic rings. The second kappa shape index (κ2) is 9.21. The van der Waals surface area contributed by atoms with Gasteiger partial charge in [-0.25, -0.2) is 14.2 Å². The van der Waals surface area contributed by atoms with Crippen LogP contribution in [0.5, 0.6) is 0 Å². The third kappa shape index (κ3) is 5.32. The molecular weight excluding hydrogens is 425 g/mol. The summed E-state index contributed by atoms with van der Waals surface area (Å²) in [6, 6.07) is 10.3. The molecule has 33 heavy (non-hydrogen) atoms. The first-order chi connectivity index (χ1) is 15.4. The lowest BCUT2D eigenvalue weighted by atomic mass is 9.92. The molecule has 2 N–H and O–H groups in total. The number of para-hydroxylation sites is 1. The Labute approximate surface area is 193 Å². The number of carbonyl (C=O) groups excluding carboxylic acids is 3. The first kappa shape index (κ1) is 24.2. The lowest BCUT2D eigenvalue weighted by molar-refractivity contribution is -0.128. The highest BCUT2D eigenvalue weighted by atomic mass is 19.1. The monoisotopic (exact) mass is 455 g/mol. The molecule has 0 saturated carbocycles. The minimum absolute atomic E-state index is 0.279. The van der Waals surface area contributed by atoms with Gasteiger partial charge in [-0.15, -0.1) is 0 Å². The molecule has 2 atom stereocenters. The molecule has 0 aliphatic carbocycles. The molecule has 176 valence electrons. The number of ether oxygens (including phenoxy) is 1. The highest BCUT2D eigenvalue weighted by molar-refractivity contribution is 6.06. The summed E-state index contributed by atoms with van der Waals surface area (Å²) in [7, 11) is 0. The largest absolute Gasteiger partial charge is 0.444 e. The predicted molar refractivity (Wildman–Crippen MR) is 124 cm³/mol. The van der Waals surface area contributed by atoms with Crippen LogP contribution in [0.4, 0.5) is 14.9 Å². The number of rotatable bonds is 4. The minimum atomic E-state index is -0.946. The van der Waals surface area contributed by atoms with E-state index in [0.717, 1.165) is 0 Å². The summed E-state index contributed by atoms with van der Waals surface area (Å²) in [4.78, 5) is 38.9. The van der Waals surface area contributed by atoms with Crippen LogP contribution in [0.15, 0.2) is 42.5 Å². The van der Waals surface area contributed by atoms with E-state index in [2.05, 4.69) is 10.7 Å². The molecule has 2 aromatic carbocycles. The summed E-state index contributed by atoms with van der Waals surface area (Å²) in [6.45, 7) is 10.5. The van der Waals surface area contributed by atoms with Crippen LogP contribution in [-0.2, 0) is 14.3 Å². The maximum absolute atomic E-state index is 14.1. The molecule has 1 unspecified atom stereocenters. The standard InChI is InChI=1S/C25H30FN3O4/c1-14(2)21(27-24(32)33-25(4,5)6)22(30)28-29-20-10-8-7-9-18(20)19-13-16(26)11-12-17(19)15(3)23(29)31/h7-15,21H,1-6H3,(H,27,32)(H,28,30)/t15?,21-/m0/s1. The Morgan fingerprint density at radius 3 is 2.39 bits per heavy atom. The van der Waals surface area contributed by atoms with Crippen molar-refractivity contribution in [1.29, 1.82) is 0 Å². The Bertz CT molecular complexity index is 1080. The normalized spacial score (nSPS) is 16.4. The molecule has 0 fully saturated rings. The van der Waals surface area contributed by atoms with Crippen molar-refractivity contribution in [1.82, 2.24) is 10.7 Å². The van der Waals surface area contributed by atoms with Gasteiger partial charge in [0.2, 0.25) is 0 Å². The van der Waals surface area contributed by atoms with Gasteiger partial charge < -0.3 is 10.1 Å². The highest BCUT2D eigenvalue weighted by Crippen LogP contribution is 2.40. The van der Waals surface area contributed by atoms with Crippen molar-refractivity contribution in [2.24, 2.45) is 5.92 Å². The van der Waals surface area contributed by atoms with E-state index in [4.69, 9.17) is 4.74 Å². The Kier molecular flexibility index (Phi) is 6.76. The van der Waals surface area contributed by atoms with Crippen LogP contribution in [-0.4, -0.2) is 29.6 Å². The number of benzene rings is 2. The average molecular weight is 456 g/mol. The van der Waals surface area contributed by atoms with E-state index in [1.165, 1.54) is 17.1 Å². The molecule has 0 bridgehead atoms. The predicted octanol–water partition coefficient (Wildman–Crippen LogP) is 4.52. The molecular formula is C25H30FN3O4. The van der Waals surface area contributed by atoms with Crippen LogP contribution in [0, 0.1) is 11.7 Å². The number of hydrogen-bond donors (Lipinski definition) is 2. The number of alkyl carbamates (subject to hydrolysis) is 1.